The maximum absolute atomic E-state index is 12.7. The summed E-state index contributed by atoms with van der Waals surface area (Å²) in [6.07, 6.45) is 2.25. The molecular weight excluding hydrogens is 314 g/mol. The van der Waals surface area contributed by atoms with Gasteiger partial charge in [0.15, 0.2) is 5.78 Å². The highest BCUT2D eigenvalue weighted by Gasteiger charge is 2.15. The van der Waals surface area contributed by atoms with E-state index in [4.69, 9.17) is 16.7 Å². The molecule has 0 fully saturated rings. The van der Waals surface area contributed by atoms with Crippen molar-refractivity contribution >= 4 is 34.3 Å². The Kier molecular flexibility index (Phi) is 4.17. The first-order chi connectivity index (χ1) is 11.1. The minimum Gasteiger partial charge on any atom is -0.481 e. The van der Waals surface area contributed by atoms with E-state index in [1.54, 1.807) is 36.5 Å². The fourth-order valence-corrected chi connectivity index (χ4v) is 2.73. The van der Waals surface area contributed by atoms with Crippen LogP contribution in [0.4, 0.5) is 0 Å². The van der Waals surface area contributed by atoms with Gasteiger partial charge in [-0.2, -0.15) is 0 Å². The summed E-state index contributed by atoms with van der Waals surface area (Å²) in [5, 5.41) is 10.3. The molecule has 2 N–H and O–H groups in total. The molecule has 4 nitrogen and oxygen atoms in total. The third-order valence-electron chi connectivity index (χ3n) is 3.76. The van der Waals surface area contributed by atoms with Crippen LogP contribution in [0, 0.1) is 0 Å². The Hall–Kier alpha value is -2.59. The predicted molar refractivity (Wildman–Crippen MR) is 89.1 cm³/mol. The summed E-state index contributed by atoms with van der Waals surface area (Å²) < 4.78 is 0. The molecule has 0 aliphatic heterocycles. The van der Waals surface area contributed by atoms with Gasteiger partial charge in [0.2, 0.25) is 0 Å². The lowest BCUT2D eigenvalue weighted by Crippen LogP contribution is -2.02. The van der Waals surface area contributed by atoms with Crippen LogP contribution >= 0.6 is 11.6 Å². The van der Waals surface area contributed by atoms with Crippen LogP contribution in [0.5, 0.6) is 0 Å². The summed E-state index contributed by atoms with van der Waals surface area (Å²) in [6.45, 7) is 0. The fraction of sp³-hybridized carbons (Fsp3) is 0.111. The van der Waals surface area contributed by atoms with Gasteiger partial charge in [-0.25, -0.2) is 0 Å². The number of aromatic nitrogens is 1. The molecule has 3 rings (SSSR count). The van der Waals surface area contributed by atoms with E-state index in [9.17, 15) is 9.59 Å². The van der Waals surface area contributed by atoms with E-state index in [-0.39, 0.29) is 12.2 Å². The molecule has 0 aliphatic rings. The molecule has 0 saturated heterocycles. The Bertz CT molecular complexity index is 881. The second-order valence-corrected chi connectivity index (χ2v) is 5.71. The SMILES string of the molecule is O=C(O)CCc1c[nH]c2c(C(=O)c3ccc(Cl)cc3)cccc12. The average Bonchev–Trinajstić information content (AvgIpc) is 2.96. The number of carboxylic acids is 1. The van der Waals surface area contributed by atoms with Crippen LogP contribution in [0.25, 0.3) is 10.9 Å². The highest BCUT2D eigenvalue weighted by molar-refractivity contribution is 6.30. The summed E-state index contributed by atoms with van der Waals surface area (Å²) >= 11 is 5.86. The van der Waals surface area contributed by atoms with Crippen molar-refractivity contribution in [3.8, 4) is 0 Å². The fourth-order valence-electron chi connectivity index (χ4n) is 2.61. The highest BCUT2D eigenvalue weighted by atomic mass is 35.5. The van der Waals surface area contributed by atoms with E-state index in [1.807, 2.05) is 12.1 Å². The zero-order valence-corrected chi connectivity index (χ0v) is 12.9. The molecule has 1 heterocycles. The number of para-hydroxylation sites is 1. The van der Waals surface area contributed by atoms with Crippen LogP contribution < -0.4 is 0 Å². The summed E-state index contributed by atoms with van der Waals surface area (Å²) in [6, 6.07) is 12.2. The standard InChI is InChI=1S/C18H14ClNO3/c19-13-7-4-11(5-8-13)18(23)15-3-1-2-14-12(6-9-16(21)22)10-20-17(14)15/h1-5,7-8,10,20H,6,9H2,(H,21,22). The van der Waals surface area contributed by atoms with Gasteiger partial charge in [-0.1, -0.05) is 23.7 Å². The molecule has 0 spiro atoms. The van der Waals surface area contributed by atoms with Crippen molar-refractivity contribution in [1.29, 1.82) is 0 Å². The number of rotatable bonds is 5. The number of benzene rings is 2. The van der Waals surface area contributed by atoms with Gasteiger partial charge in [0, 0.05) is 34.2 Å². The molecule has 2 aromatic carbocycles. The van der Waals surface area contributed by atoms with Crippen LogP contribution in [0.3, 0.4) is 0 Å². The molecule has 0 saturated carbocycles. The number of nitrogens with one attached hydrogen (secondary N) is 1. The van der Waals surface area contributed by atoms with Crippen molar-refractivity contribution in [3.63, 3.8) is 0 Å². The Morgan fingerprint density at radius 1 is 1.09 bits per heavy atom. The molecule has 23 heavy (non-hydrogen) atoms. The van der Waals surface area contributed by atoms with Gasteiger partial charge >= 0.3 is 5.97 Å². The zero-order chi connectivity index (χ0) is 16.4. The monoisotopic (exact) mass is 327 g/mol. The normalized spacial score (nSPS) is 10.8. The van der Waals surface area contributed by atoms with Gasteiger partial charge in [0.05, 0.1) is 5.52 Å². The lowest BCUT2D eigenvalue weighted by atomic mass is 9.99. The summed E-state index contributed by atoms with van der Waals surface area (Å²) in [5.74, 6) is -0.938. The highest BCUT2D eigenvalue weighted by Crippen LogP contribution is 2.25. The lowest BCUT2D eigenvalue weighted by molar-refractivity contribution is -0.136. The first-order valence-electron chi connectivity index (χ1n) is 7.17. The summed E-state index contributed by atoms with van der Waals surface area (Å²) in [5.41, 5.74) is 2.75. The molecule has 0 aliphatic carbocycles. The van der Waals surface area contributed by atoms with Gasteiger partial charge < -0.3 is 10.1 Å². The molecule has 0 unspecified atom stereocenters. The third kappa shape index (κ3) is 3.12. The van der Waals surface area contributed by atoms with Crippen LogP contribution in [-0.2, 0) is 11.2 Å². The molecule has 116 valence electrons. The van der Waals surface area contributed by atoms with E-state index in [1.165, 1.54) is 0 Å². The van der Waals surface area contributed by atoms with Gasteiger partial charge in [-0.3, -0.25) is 9.59 Å². The first kappa shape index (κ1) is 15.3. The Morgan fingerprint density at radius 2 is 1.83 bits per heavy atom. The number of H-pyrrole nitrogens is 1. The van der Waals surface area contributed by atoms with Gasteiger partial charge in [0.25, 0.3) is 0 Å². The molecule has 0 atom stereocenters. The number of carboxylic acid groups (broad SMARTS) is 1. The number of aromatic amines is 1. The summed E-state index contributed by atoms with van der Waals surface area (Å²) in [7, 11) is 0. The second-order valence-electron chi connectivity index (χ2n) is 5.27. The van der Waals surface area contributed by atoms with E-state index >= 15 is 0 Å². The van der Waals surface area contributed by atoms with Crippen LogP contribution in [0.2, 0.25) is 5.02 Å². The number of fused-ring (bicyclic) bond motifs is 1. The number of aryl methyl sites for hydroxylation is 1. The van der Waals surface area contributed by atoms with E-state index < -0.39 is 5.97 Å². The molecule has 5 heteroatoms. The van der Waals surface area contributed by atoms with Crippen LogP contribution in [0.15, 0.2) is 48.7 Å². The van der Waals surface area contributed by atoms with Crippen molar-refractivity contribution in [3.05, 3.63) is 70.4 Å². The smallest absolute Gasteiger partial charge is 0.303 e. The maximum Gasteiger partial charge on any atom is 0.303 e. The molecule has 0 radical (unpaired) electrons. The first-order valence-corrected chi connectivity index (χ1v) is 7.55. The van der Waals surface area contributed by atoms with E-state index in [2.05, 4.69) is 4.98 Å². The number of carbonyl (C=O) groups is 2. The minimum absolute atomic E-state index is 0.0578. The van der Waals surface area contributed by atoms with Crippen LogP contribution in [0.1, 0.15) is 27.9 Å². The minimum atomic E-state index is -0.840. The number of aliphatic carboxylic acids is 1. The van der Waals surface area contributed by atoms with Gasteiger partial charge in [-0.05, 0) is 42.3 Å². The number of halogens is 1. The quantitative estimate of drug-likeness (QED) is 0.694. The van der Waals surface area contributed by atoms with Crippen molar-refractivity contribution in [2.24, 2.45) is 0 Å². The van der Waals surface area contributed by atoms with Gasteiger partial charge in [-0.15, -0.1) is 0 Å². The number of carbonyl (C=O) groups excluding carboxylic acids is 1. The van der Waals surface area contributed by atoms with Crippen molar-refractivity contribution in [1.82, 2.24) is 4.98 Å². The number of ketones is 1. The van der Waals surface area contributed by atoms with Gasteiger partial charge in [0.1, 0.15) is 0 Å². The maximum atomic E-state index is 12.7. The van der Waals surface area contributed by atoms with E-state index in [0.717, 1.165) is 16.5 Å². The Morgan fingerprint density at radius 3 is 2.52 bits per heavy atom. The number of hydrogen-bond donors (Lipinski definition) is 2. The topological polar surface area (TPSA) is 70.2 Å². The van der Waals surface area contributed by atoms with Crippen molar-refractivity contribution in [2.45, 2.75) is 12.8 Å². The molecule has 1 aromatic heterocycles. The second kappa shape index (κ2) is 6.26. The summed E-state index contributed by atoms with van der Waals surface area (Å²) in [4.78, 5) is 26.5. The average molecular weight is 328 g/mol. The zero-order valence-electron chi connectivity index (χ0n) is 12.2. The van der Waals surface area contributed by atoms with Crippen molar-refractivity contribution < 1.29 is 14.7 Å². The number of hydrogen-bond acceptors (Lipinski definition) is 2. The largest absolute Gasteiger partial charge is 0.481 e. The van der Waals surface area contributed by atoms with E-state index in [0.29, 0.717) is 22.6 Å². The molecule has 3 aromatic rings. The van der Waals surface area contributed by atoms with Crippen LogP contribution in [-0.4, -0.2) is 21.8 Å². The molecular formula is C18H14ClNO3. The Balaban J connectivity index is 2.00. The third-order valence-corrected chi connectivity index (χ3v) is 4.01. The van der Waals surface area contributed by atoms with Crippen molar-refractivity contribution in [2.75, 3.05) is 0 Å². The lowest BCUT2D eigenvalue weighted by Gasteiger charge is -2.04. The Labute approximate surface area is 137 Å². The predicted octanol–water partition coefficient (Wildman–Crippen LogP) is 4.07. The molecule has 0 amide bonds. The molecule has 0 bridgehead atoms.